The minimum atomic E-state index is -4.44. The molecule has 1 atom stereocenters. The van der Waals surface area contributed by atoms with Crippen molar-refractivity contribution in [1.29, 1.82) is 0 Å². The van der Waals surface area contributed by atoms with Gasteiger partial charge in [0.25, 0.3) is 17.5 Å². The first kappa shape index (κ1) is 23.4. The van der Waals surface area contributed by atoms with Crippen LogP contribution in [0.4, 0.5) is 13.2 Å². The Morgan fingerprint density at radius 3 is 2.43 bits per heavy atom. The van der Waals surface area contributed by atoms with E-state index in [-0.39, 0.29) is 18.3 Å². The molecule has 0 aliphatic rings. The number of aromatic nitrogens is 2. The predicted molar refractivity (Wildman–Crippen MR) is 103 cm³/mol. The molecule has 0 radical (unpaired) electrons. The van der Waals surface area contributed by atoms with E-state index >= 15 is 0 Å². The summed E-state index contributed by atoms with van der Waals surface area (Å²) in [6, 6.07) is 4.75. The molecule has 1 aromatic heterocycles. The van der Waals surface area contributed by atoms with E-state index in [0.29, 0.717) is 12.0 Å². The van der Waals surface area contributed by atoms with Crippen molar-refractivity contribution in [1.82, 2.24) is 15.3 Å². The molecule has 2 rings (SSSR count). The molecule has 2 N–H and O–H groups in total. The number of carbonyl (C=O) groups excluding carboxylic acids is 1. The summed E-state index contributed by atoms with van der Waals surface area (Å²) in [6.45, 7) is 5.56. The molecule has 10 heteroatoms. The maximum atomic E-state index is 12.7. The summed E-state index contributed by atoms with van der Waals surface area (Å²) in [5.41, 5.74) is -1.47. The summed E-state index contributed by atoms with van der Waals surface area (Å²) in [4.78, 5) is 30.7. The number of benzene rings is 1. The quantitative estimate of drug-likeness (QED) is 0.673. The lowest BCUT2D eigenvalue weighted by Crippen LogP contribution is -2.29. The maximum Gasteiger partial charge on any atom is 0.416 e. The third-order valence-electron chi connectivity index (χ3n) is 4.53. The van der Waals surface area contributed by atoms with Crippen LogP contribution in [0.5, 0.6) is 6.01 Å². The van der Waals surface area contributed by atoms with Crippen LogP contribution in [0.15, 0.2) is 35.1 Å². The van der Waals surface area contributed by atoms with Gasteiger partial charge in [0.2, 0.25) is 0 Å². The van der Waals surface area contributed by atoms with Gasteiger partial charge in [0.1, 0.15) is 5.69 Å². The van der Waals surface area contributed by atoms with Crippen molar-refractivity contribution in [3.63, 3.8) is 0 Å². The number of ether oxygens (including phenoxy) is 2. The van der Waals surface area contributed by atoms with Crippen LogP contribution in [-0.4, -0.2) is 35.2 Å². The fourth-order valence-corrected chi connectivity index (χ4v) is 2.43. The summed E-state index contributed by atoms with van der Waals surface area (Å²) in [6.07, 6.45) is -3.91. The summed E-state index contributed by atoms with van der Waals surface area (Å²) < 4.78 is 48.7. The second-order valence-corrected chi connectivity index (χ2v) is 7.31. The van der Waals surface area contributed by atoms with E-state index in [1.807, 2.05) is 13.8 Å². The third kappa shape index (κ3) is 6.58. The van der Waals surface area contributed by atoms with E-state index in [1.54, 1.807) is 14.0 Å². The molecule has 1 amide bonds. The molecule has 1 aromatic carbocycles. The third-order valence-corrected chi connectivity index (χ3v) is 4.53. The van der Waals surface area contributed by atoms with Crippen LogP contribution in [0.1, 0.15) is 54.8 Å². The lowest BCUT2D eigenvalue weighted by Gasteiger charge is -2.22. The van der Waals surface area contributed by atoms with Gasteiger partial charge in [-0.3, -0.25) is 14.6 Å². The summed E-state index contributed by atoms with van der Waals surface area (Å²) >= 11 is 0. The number of H-pyrrole nitrogens is 1. The zero-order valence-corrected chi connectivity index (χ0v) is 17.1. The molecule has 7 nitrogen and oxygen atoms in total. The van der Waals surface area contributed by atoms with Crippen molar-refractivity contribution in [2.24, 2.45) is 0 Å². The summed E-state index contributed by atoms with van der Waals surface area (Å²) in [5, 5.41) is 2.60. The van der Waals surface area contributed by atoms with Gasteiger partial charge >= 0.3 is 6.18 Å². The van der Waals surface area contributed by atoms with Gasteiger partial charge in [-0.1, -0.05) is 12.1 Å². The van der Waals surface area contributed by atoms with Crippen LogP contribution in [0, 0.1) is 0 Å². The van der Waals surface area contributed by atoms with E-state index in [9.17, 15) is 22.8 Å². The predicted octanol–water partition coefficient (Wildman–Crippen LogP) is 3.47. The molecule has 164 valence electrons. The second-order valence-electron chi connectivity index (χ2n) is 7.31. The van der Waals surface area contributed by atoms with Crippen molar-refractivity contribution in [3.8, 4) is 6.01 Å². The standard InChI is InChI=1S/C20H24F3N3O4/c1-12(13-5-7-14(8-6-13)20(21,22)23)24-17(28)15-11-16(27)26-18(25-15)30-10-9-19(2,3)29-4/h5-8,11-12H,9-10H2,1-4H3,(H,24,28)(H,25,26,27). The Kier molecular flexibility index (Phi) is 7.25. The average Bonchev–Trinajstić information content (AvgIpc) is 2.66. The SMILES string of the molecule is COC(C)(C)CCOc1nc(C(=O)NC(C)c2ccc(C(F)(F)F)cc2)cc(=O)[nH]1. The number of amides is 1. The Morgan fingerprint density at radius 2 is 1.87 bits per heavy atom. The van der Waals surface area contributed by atoms with Gasteiger partial charge in [-0.2, -0.15) is 18.2 Å². The molecule has 1 heterocycles. The molecular formula is C20H24F3N3O4. The minimum absolute atomic E-state index is 0.110. The Bertz CT molecular complexity index is 924. The number of carbonyl (C=O) groups is 1. The normalized spacial score (nSPS) is 13.0. The number of nitrogens with one attached hydrogen (secondary N) is 2. The van der Waals surface area contributed by atoms with E-state index in [4.69, 9.17) is 9.47 Å². The van der Waals surface area contributed by atoms with E-state index in [0.717, 1.165) is 18.2 Å². The first-order valence-electron chi connectivity index (χ1n) is 9.18. The smallest absolute Gasteiger partial charge is 0.416 e. The number of aromatic amines is 1. The molecule has 0 spiro atoms. The number of hydrogen-bond acceptors (Lipinski definition) is 5. The van der Waals surface area contributed by atoms with Gasteiger partial charge < -0.3 is 14.8 Å². The van der Waals surface area contributed by atoms with Gasteiger partial charge in [-0.15, -0.1) is 0 Å². The number of methoxy groups -OCH3 is 1. The molecular weight excluding hydrogens is 403 g/mol. The minimum Gasteiger partial charge on any atom is -0.465 e. The van der Waals surface area contributed by atoms with Crippen LogP contribution < -0.4 is 15.6 Å². The van der Waals surface area contributed by atoms with Crippen molar-refractivity contribution in [3.05, 3.63) is 57.5 Å². The lowest BCUT2D eigenvalue weighted by atomic mass is 10.1. The molecule has 0 saturated carbocycles. The number of rotatable bonds is 8. The summed E-state index contributed by atoms with van der Waals surface area (Å²) in [5.74, 6) is -0.657. The van der Waals surface area contributed by atoms with Gasteiger partial charge in [0, 0.05) is 19.6 Å². The highest BCUT2D eigenvalue weighted by molar-refractivity contribution is 5.92. The highest BCUT2D eigenvalue weighted by atomic mass is 19.4. The Hall–Kier alpha value is -2.88. The fraction of sp³-hybridized carbons (Fsp3) is 0.450. The van der Waals surface area contributed by atoms with Crippen molar-refractivity contribution in [2.45, 2.75) is 45.0 Å². The van der Waals surface area contributed by atoms with E-state index in [1.165, 1.54) is 12.1 Å². The van der Waals surface area contributed by atoms with E-state index in [2.05, 4.69) is 15.3 Å². The Morgan fingerprint density at radius 1 is 1.23 bits per heavy atom. The summed E-state index contributed by atoms with van der Waals surface area (Å²) in [7, 11) is 1.57. The molecule has 0 aliphatic heterocycles. The van der Waals surface area contributed by atoms with Gasteiger partial charge in [0.15, 0.2) is 0 Å². The second kappa shape index (κ2) is 9.29. The van der Waals surface area contributed by atoms with Gasteiger partial charge in [-0.05, 0) is 38.5 Å². The van der Waals surface area contributed by atoms with Crippen LogP contribution >= 0.6 is 0 Å². The highest BCUT2D eigenvalue weighted by Crippen LogP contribution is 2.29. The highest BCUT2D eigenvalue weighted by Gasteiger charge is 2.30. The first-order valence-corrected chi connectivity index (χ1v) is 9.18. The van der Waals surface area contributed by atoms with E-state index < -0.39 is 34.8 Å². The van der Waals surface area contributed by atoms with Gasteiger partial charge in [-0.25, -0.2) is 0 Å². The van der Waals surface area contributed by atoms with Crippen molar-refractivity contribution >= 4 is 5.91 Å². The van der Waals surface area contributed by atoms with Crippen LogP contribution in [-0.2, 0) is 10.9 Å². The molecule has 0 fully saturated rings. The number of halogens is 3. The molecule has 0 bridgehead atoms. The zero-order valence-electron chi connectivity index (χ0n) is 17.1. The number of nitrogens with zero attached hydrogens (tertiary/aromatic N) is 1. The first-order chi connectivity index (χ1) is 13.9. The van der Waals surface area contributed by atoms with Crippen molar-refractivity contribution in [2.75, 3.05) is 13.7 Å². The lowest BCUT2D eigenvalue weighted by molar-refractivity contribution is -0.137. The molecule has 1 unspecified atom stereocenters. The monoisotopic (exact) mass is 427 g/mol. The van der Waals surface area contributed by atoms with Crippen LogP contribution in [0.2, 0.25) is 0 Å². The van der Waals surface area contributed by atoms with Crippen LogP contribution in [0.3, 0.4) is 0 Å². The van der Waals surface area contributed by atoms with Crippen molar-refractivity contribution < 1.29 is 27.4 Å². The fourth-order valence-electron chi connectivity index (χ4n) is 2.43. The van der Waals surface area contributed by atoms with Crippen LogP contribution in [0.25, 0.3) is 0 Å². The maximum absolute atomic E-state index is 12.7. The zero-order chi connectivity index (χ0) is 22.5. The molecule has 0 aliphatic carbocycles. The van der Waals surface area contributed by atoms with Gasteiger partial charge in [0.05, 0.1) is 23.8 Å². The topological polar surface area (TPSA) is 93.3 Å². The average molecular weight is 427 g/mol. The largest absolute Gasteiger partial charge is 0.465 e. The number of hydrogen-bond donors (Lipinski definition) is 2. The number of alkyl halides is 3. The Balaban J connectivity index is 2.05. The Labute approximate surface area is 171 Å². The molecule has 0 saturated heterocycles. The molecule has 2 aromatic rings. The molecule has 30 heavy (non-hydrogen) atoms.